The van der Waals surface area contributed by atoms with Gasteiger partial charge in [-0.05, 0) is 65.8 Å². The Hall–Kier alpha value is -2.97. The van der Waals surface area contributed by atoms with Crippen molar-refractivity contribution in [1.29, 1.82) is 0 Å². The van der Waals surface area contributed by atoms with Gasteiger partial charge in [0, 0.05) is 37.6 Å². The van der Waals surface area contributed by atoms with E-state index in [4.69, 9.17) is 15.2 Å². The predicted molar refractivity (Wildman–Crippen MR) is 118 cm³/mol. The van der Waals surface area contributed by atoms with Crippen LogP contribution in [0.4, 0.5) is 21.0 Å². The lowest BCUT2D eigenvalue weighted by Crippen LogP contribution is -2.54. The Morgan fingerprint density at radius 1 is 0.933 bits per heavy atom. The Kier molecular flexibility index (Phi) is 7.17. The van der Waals surface area contributed by atoms with Gasteiger partial charge < -0.3 is 25.0 Å². The first-order valence-electron chi connectivity index (χ1n) is 9.99. The number of anilines is 2. The molecule has 0 aliphatic carbocycles. The molecule has 1 aromatic rings. The molecule has 1 heterocycles. The second kappa shape index (κ2) is 9.23. The summed E-state index contributed by atoms with van der Waals surface area (Å²) in [6.07, 6.45) is -1.44. The van der Waals surface area contributed by atoms with Crippen LogP contribution in [0.5, 0.6) is 0 Å². The highest BCUT2D eigenvalue weighted by Gasteiger charge is 2.26. The SMILES string of the molecule is CC(C)(C)OC(=O)/N=C(/NC(=O)OC(C)(C)C)N1CCN(c2ccc(N)cc2)CC1. The van der Waals surface area contributed by atoms with E-state index in [1.807, 2.05) is 29.2 Å². The van der Waals surface area contributed by atoms with E-state index in [1.165, 1.54) is 0 Å². The van der Waals surface area contributed by atoms with Crippen LogP contribution in [-0.2, 0) is 9.47 Å². The highest BCUT2D eigenvalue weighted by Crippen LogP contribution is 2.18. The second-order valence-corrected chi connectivity index (χ2v) is 9.11. The van der Waals surface area contributed by atoms with Crippen molar-refractivity contribution in [2.75, 3.05) is 36.8 Å². The molecule has 0 radical (unpaired) electrons. The molecule has 0 saturated carbocycles. The number of nitrogen functional groups attached to an aromatic ring is 1. The monoisotopic (exact) mass is 419 g/mol. The van der Waals surface area contributed by atoms with Crippen LogP contribution in [0.15, 0.2) is 29.3 Å². The molecule has 1 saturated heterocycles. The fraction of sp³-hybridized carbons (Fsp3) is 0.571. The van der Waals surface area contributed by atoms with Crippen LogP contribution in [0.3, 0.4) is 0 Å². The second-order valence-electron chi connectivity index (χ2n) is 9.11. The van der Waals surface area contributed by atoms with Gasteiger partial charge in [-0.15, -0.1) is 4.99 Å². The fourth-order valence-electron chi connectivity index (χ4n) is 2.81. The van der Waals surface area contributed by atoms with Crippen molar-refractivity contribution in [1.82, 2.24) is 10.2 Å². The van der Waals surface area contributed by atoms with E-state index >= 15 is 0 Å². The van der Waals surface area contributed by atoms with E-state index in [2.05, 4.69) is 15.2 Å². The number of guanidine groups is 1. The summed E-state index contributed by atoms with van der Waals surface area (Å²) in [6.45, 7) is 13.1. The number of rotatable bonds is 1. The molecular weight excluding hydrogens is 386 g/mol. The molecule has 0 bridgehead atoms. The molecule has 2 amide bonds. The normalized spacial score (nSPS) is 15.6. The number of piperazine rings is 1. The molecule has 0 spiro atoms. The molecule has 166 valence electrons. The molecule has 1 fully saturated rings. The van der Waals surface area contributed by atoms with E-state index in [-0.39, 0.29) is 5.96 Å². The molecule has 30 heavy (non-hydrogen) atoms. The van der Waals surface area contributed by atoms with Gasteiger partial charge in [0.2, 0.25) is 5.96 Å². The minimum atomic E-state index is -0.769. The maximum absolute atomic E-state index is 12.3. The van der Waals surface area contributed by atoms with E-state index in [1.54, 1.807) is 41.5 Å². The average Bonchev–Trinajstić information content (AvgIpc) is 2.59. The van der Waals surface area contributed by atoms with Gasteiger partial charge >= 0.3 is 12.2 Å². The lowest BCUT2D eigenvalue weighted by molar-refractivity contribution is 0.0554. The zero-order valence-electron chi connectivity index (χ0n) is 18.7. The summed E-state index contributed by atoms with van der Waals surface area (Å²) in [7, 11) is 0. The Balaban J connectivity index is 2.11. The minimum Gasteiger partial charge on any atom is -0.444 e. The van der Waals surface area contributed by atoms with Crippen molar-refractivity contribution in [2.45, 2.75) is 52.7 Å². The number of nitrogens with one attached hydrogen (secondary N) is 1. The molecule has 0 atom stereocenters. The summed E-state index contributed by atoms with van der Waals surface area (Å²) in [6, 6.07) is 7.67. The number of hydrogen-bond donors (Lipinski definition) is 2. The van der Waals surface area contributed by atoms with Crippen molar-refractivity contribution in [3.8, 4) is 0 Å². The minimum absolute atomic E-state index is 0.121. The third kappa shape index (κ3) is 7.81. The van der Waals surface area contributed by atoms with Crippen LogP contribution in [-0.4, -0.2) is 60.4 Å². The molecule has 3 N–H and O–H groups in total. The lowest BCUT2D eigenvalue weighted by atomic mass is 10.2. The number of benzene rings is 1. The van der Waals surface area contributed by atoms with Crippen molar-refractivity contribution >= 4 is 29.5 Å². The Bertz CT molecular complexity index is 770. The van der Waals surface area contributed by atoms with Crippen LogP contribution >= 0.6 is 0 Å². The van der Waals surface area contributed by atoms with E-state index in [9.17, 15) is 9.59 Å². The number of alkyl carbamates (subject to hydrolysis) is 1. The number of carbonyl (C=O) groups is 2. The molecule has 0 aromatic heterocycles. The van der Waals surface area contributed by atoms with Gasteiger partial charge in [0.25, 0.3) is 0 Å². The third-order valence-corrected chi connectivity index (χ3v) is 4.04. The predicted octanol–water partition coefficient (Wildman–Crippen LogP) is 3.21. The summed E-state index contributed by atoms with van der Waals surface area (Å²) in [4.78, 5) is 32.6. The number of hydrogen-bond acceptors (Lipinski definition) is 6. The molecule has 1 aliphatic rings. The molecule has 2 rings (SSSR count). The first-order chi connectivity index (χ1) is 13.8. The van der Waals surface area contributed by atoms with E-state index in [0.29, 0.717) is 31.9 Å². The standard InChI is InChI=1S/C21H33N5O4/c1-20(2,3)29-18(27)23-17(24-19(28)30-21(4,5)6)26-13-11-25(12-14-26)16-9-7-15(22)8-10-16/h7-10H,11-14,22H2,1-6H3,(H,23,24,27,28). The van der Waals surface area contributed by atoms with Crippen LogP contribution in [0.2, 0.25) is 0 Å². The van der Waals surface area contributed by atoms with Crippen molar-refractivity contribution in [3.05, 3.63) is 24.3 Å². The summed E-state index contributed by atoms with van der Waals surface area (Å²) < 4.78 is 10.6. The molecule has 9 nitrogen and oxygen atoms in total. The number of nitrogens with two attached hydrogens (primary N) is 1. The molecular formula is C21H33N5O4. The Labute approximate surface area is 178 Å². The first kappa shape index (κ1) is 23.3. The summed E-state index contributed by atoms with van der Waals surface area (Å²) in [5.41, 5.74) is 6.18. The van der Waals surface area contributed by atoms with Gasteiger partial charge in [0.05, 0.1) is 0 Å². The summed E-state index contributed by atoms with van der Waals surface area (Å²) >= 11 is 0. The van der Waals surface area contributed by atoms with Crippen molar-refractivity contribution < 1.29 is 19.1 Å². The zero-order chi connectivity index (χ0) is 22.5. The van der Waals surface area contributed by atoms with E-state index in [0.717, 1.165) is 5.69 Å². The van der Waals surface area contributed by atoms with Gasteiger partial charge in [-0.1, -0.05) is 0 Å². The number of aliphatic imine (C=N–C) groups is 1. The zero-order valence-corrected chi connectivity index (χ0v) is 18.7. The van der Waals surface area contributed by atoms with Crippen molar-refractivity contribution in [2.24, 2.45) is 4.99 Å². The van der Waals surface area contributed by atoms with Crippen LogP contribution in [0.25, 0.3) is 0 Å². The van der Waals surface area contributed by atoms with Crippen LogP contribution < -0.4 is 16.0 Å². The number of amides is 2. The highest BCUT2D eigenvalue weighted by atomic mass is 16.6. The third-order valence-electron chi connectivity index (χ3n) is 4.04. The summed E-state index contributed by atoms with van der Waals surface area (Å²) in [5, 5.41) is 2.60. The highest BCUT2D eigenvalue weighted by molar-refractivity contribution is 5.99. The van der Waals surface area contributed by atoms with E-state index < -0.39 is 23.4 Å². The van der Waals surface area contributed by atoms with Crippen LogP contribution in [0.1, 0.15) is 41.5 Å². The maximum Gasteiger partial charge on any atom is 0.437 e. The van der Waals surface area contributed by atoms with Gasteiger partial charge in [-0.3, -0.25) is 5.32 Å². The molecule has 9 heteroatoms. The Morgan fingerprint density at radius 3 is 1.97 bits per heavy atom. The maximum atomic E-state index is 12.3. The molecule has 1 aromatic carbocycles. The number of carbonyl (C=O) groups excluding carboxylic acids is 2. The van der Waals surface area contributed by atoms with Crippen molar-refractivity contribution in [3.63, 3.8) is 0 Å². The van der Waals surface area contributed by atoms with Gasteiger partial charge in [-0.25, -0.2) is 9.59 Å². The molecule has 0 unspecified atom stereocenters. The molecule has 1 aliphatic heterocycles. The fourth-order valence-corrected chi connectivity index (χ4v) is 2.81. The smallest absolute Gasteiger partial charge is 0.437 e. The first-order valence-corrected chi connectivity index (χ1v) is 9.99. The number of ether oxygens (including phenoxy) is 2. The summed E-state index contributed by atoms with van der Waals surface area (Å²) in [5.74, 6) is 0.121. The van der Waals surface area contributed by atoms with Gasteiger partial charge in [0.15, 0.2) is 0 Å². The van der Waals surface area contributed by atoms with Gasteiger partial charge in [0.1, 0.15) is 11.2 Å². The lowest BCUT2D eigenvalue weighted by Gasteiger charge is -2.37. The van der Waals surface area contributed by atoms with Crippen LogP contribution in [0, 0.1) is 0 Å². The largest absolute Gasteiger partial charge is 0.444 e. The Morgan fingerprint density at radius 2 is 1.47 bits per heavy atom. The average molecular weight is 420 g/mol. The topological polar surface area (TPSA) is 109 Å². The number of nitrogens with zero attached hydrogens (tertiary/aromatic N) is 3. The quantitative estimate of drug-likeness (QED) is 0.409. The van der Waals surface area contributed by atoms with Gasteiger partial charge in [-0.2, -0.15) is 0 Å².